The van der Waals surface area contributed by atoms with Crippen molar-refractivity contribution in [1.29, 1.82) is 5.41 Å². The van der Waals surface area contributed by atoms with Gasteiger partial charge in [-0.15, -0.1) is 0 Å². The molecular formula is C21H22N2O6S. The summed E-state index contributed by atoms with van der Waals surface area (Å²) in [5.41, 5.74) is 0.0253. The first-order valence-electron chi connectivity index (χ1n) is 8.85. The molecule has 0 radical (unpaired) electrons. The van der Waals surface area contributed by atoms with E-state index in [1.165, 1.54) is 45.2 Å². The molecule has 2 aromatic rings. The first kappa shape index (κ1) is 22.8. The highest BCUT2D eigenvalue weighted by Crippen LogP contribution is 2.22. The minimum atomic E-state index is -3.92. The fourth-order valence-corrected chi connectivity index (χ4v) is 3.93. The number of ketones is 1. The molecule has 0 unspecified atom stereocenters. The molecule has 30 heavy (non-hydrogen) atoms. The van der Waals surface area contributed by atoms with E-state index in [0.29, 0.717) is 5.69 Å². The molecular weight excluding hydrogens is 408 g/mol. The smallest absolute Gasteiger partial charge is 0.338 e. The van der Waals surface area contributed by atoms with Gasteiger partial charge in [0.05, 0.1) is 21.7 Å². The lowest BCUT2D eigenvalue weighted by molar-refractivity contribution is -0.113. The van der Waals surface area contributed by atoms with Gasteiger partial charge in [0.15, 0.2) is 5.78 Å². The van der Waals surface area contributed by atoms with Crippen molar-refractivity contribution < 1.29 is 27.9 Å². The van der Waals surface area contributed by atoms with Gasteiger partial charge in [-0.2, -0.15) is 0 Å². The molecule has 0 heterocycles. The van der Waals surface area contributed by atoms with Crippen LogP contribution in [0.15, 0.2) is 70.8 Å². The van der Waals surface area contributed by atoms with E-state index < -0.39 is 34.1 Å². The predicted octanol–water partition coefficient (Wildman–Crippen LogP) is 3.11. The van der Waals surface area contributed by atoms with Crippen molar-refractivity contribution in [3.8, 4) is 0 Å². The number of aliphatic hydroxyl groups excluding tert-OH is 1. The van der Waals surface area contributed by atoms with Crippen molar-refractivity contribution in [2.75, 3.05) is 18.0 Å². The standard InChI is InChI=1S/C21H22N2O6S/c1-14(22)20(15(2)24)19(25)13-29-21(26)16-8-7-11-18(12-16)30(27,28)23(3)17-9-5-4-6-10-17/h4-12,22,25H,13H2,1-3H3/b20-19-,22-14?. The number of anilines is 1. The maximum atomic E-state index is 12.9. The molecule has 0 fully saturated rings. The number of sulfonamides is 1. The number of nitrogens with zero attached hydrogens (tertiary/aromatic N) is 1. The summed E-state index contributed by atoms with van der Waals surface area (Å²) >= 11 is 0. The summed E-state index contributed by atoms with van der Waals surface area (Å²) in [4.78, 5) is 23.7. The van der Waals surface area contributed by atoms with Gasteiger partial charge in [-0.3, -0.25) is 9.10 Å². The molecule has 9 heteroatoms. The molecule has 2 N–H and O–H groups in total. The third kappa shape index (κ3) is 5.12. The number of esters is 1. The van der Waals surface area contributed by atoms with Crippen LogP contribution in [0.2, 0.25) is 0 Å². The number of hydrogen-bond donors (Lipinski definition) is 2. The van der Waals surface area contributed by atoms with Gasteiger partial charge in [-0.1, -0.05) is 24.3 Å². The molecule has 0 amide bonds. The van der Waals surface area contributed by atoms with E-state index in [4.69, 9.17) is 10.1 Å². The van der Waals surface area contributed by atoms with Crippen LogP contribution in [0, 0.1) is 5.41 Å². The summed E-state index contributed by atoms with van der Waals surface area (Å²) in [6, 6.07) is 13.8. The van der Waals surface area contributed by atoms with Crippen LogP contribution in [0.3, 0.4) is 0 Å². The maximum absolute atomic E-state index is 12.9. The number of nitrogens with one attached hydrogen (secondary N) is 1. The zero-order chi connectivity index (χ0) is 22.5. The van der Waals surface area contributed by atoms with Crippen LogP contribution in [0.5, 0.6) is 0 Å². The van der Waals surface area contributed by atoms with Gasteiger partial charge in [0, 0.05) is 12.8 Å². The van der Waals surface area contributed by atoms with Crippen molar-refractivity contribution in [1.82, 2.24) is 0 Å². The lowest BCUT2D eigenvalue weighted by Gasteiger charge is -2.19. The second-order valence-electron chi connectivity index (χ2n) is 6.41. The number of aliphatic hydroxyl groups is 1. The van der Waals surface area contributed by atoms with E-state index in [9.17, 15) is 23.1 Å². The van der Waals surface area contributed by atoms with E-state index in [2.05, 4.69) is 0 Å². The van der Waals surface area contributed by atoms with Gasteiger partial charge in [0.25, 0.3) is 10.0 Å². The molecule has 0 aliphatic rings. The Bertz CT molecular complexity index is 1090. The highest BCUT2D eigenvalue weighted by atomic mass is 32.2. The van der Waals surface area contributed by atoms with Gasteiger partial charge in [-0.05, 0) is 44.2 Å². The van der Waals surface area contributed by atoms with E-state index in [0.717, 1.165) is 4.31 Å². The van der Waals surface area contributed by atoms with Gasteiger partial charge in [-0.25, -0.2) is 13.2 Å². The molecule has 0 saturated carbocycles. The topological polar surface area (TPSA) is 125 Å². The summed E-state index contributed by atoms with van der Waals surface area (Å²) in [6.45, 7) is 1.89. The minimum absolute atomic E-state index is 0.0405. The van der Waals surface area contributed by atoms with Crippen molar-refractivity contribution >= 4 is 33.2 Å². The molecule has 2 rings (SSSR count). The number of benzene rings is 2. The summed E-state index contributed by atoms with van der Waals surface area (Å²) in [6.07, 6.45) is 0. The zero-order valence-electron chi connectivity index (χ0n) is 16.7. The van der Waals surface area contributed by atoms with Crippen molar-refractivity contribution in [2.24, 2.45) is 0 Å². The number of carbonyl (C=O) groups is 2. The van der Waals surface area contributed by atoms with E-state index >= 15 is 0 Å². The number of rotatable bonds is 8. The van der Waals surface area contributed by atoms with E-state index in [-0.39, 0.29) is 21.7 Å². The minimum Gasteiger partial charge on any atom is -0.508 e. The lowest BCUT2D eigenvalue weighted by Crippen LogP contribution is -2.26. The largest absolute Gasteiger partial charge is 0.508 e. The maximum Gasteiger partial charge on any atom is 0.338 e. The molecule has 2 aromatic carbocycles. The SMILES string of the molecule is CC(=N)/C(C(C)=O)=C(/O)COC(=O)c1cccc(S(=O)(=O)N(C)c2ccccc2)c1. The Hall–Kier alpha value is -3.46. The molecule has 0 spiro atoms. The number of para-hydroxylation sites is 1. The Labute approximate surface area is 175 Å². The molecule has 158 valence electrons. The van der Waals surface area contributed by atoms with Crippen LogP contribution in [0.1, 0.15) is 24.2 Å². The number of allylic oxidation sites excluding steroid dienone is 1. The Morgan fingerprint density at radius 3 is 2.27 bits per heavy atom. The average Bonchev–Trinajstić information content (AvgIpc) is 2.71. The fraction of sp³-hybridized carbons (Fsp3) is 0.190. The summed E-state index contributed by atoms with van der Waals surface area (Å²) in [7, 11) is -2.52. The van der Waals surface area contributed by atoms with E-state index in [1.54, 1.807) is 30.3 Å². The third-order valence-electron chi connectivity index (χ3n) is 4.20. The highest BCUT2D eigenvalue weighted by molar-refractivity contribution is 7.92. The second kappa shape index (κ2) is 9.36. The molecule has 0 atom stereocenters. The van der Waals surface area contributed by atoms with Crippen molar-refractivity contribution in [3.63, 3.8) is 0 Å². The van der Waals surface area contributed by atoms with Crippen LogP contribution in [-0.4, -0.2) is 44.6 Å². The monoisotopic (exact) mass is 430 g/mol. The summed E-state index contributed by atoms with van der Waals surface area (Å²) in [5.74, 6) is -1.96. The molecule has 0 aliphatic carbocycles. The molecule has 8 nitrogen and oxygen atoms in total. The first-order chi connectivity index (χ1) is 14.1. The Balaban J connectivity index is 2.24. The second-order valence-corrected chi connectivity index (χ2v) is 8.38. The number of Topliss-reactive ketones (excluding diaryl/α,β-unsaturated/α-hetero) is 1. The van der Waals surface area contributed by atoms with Crippen LogP contribution < -0.4 is 4.31 Å². The quantitative estimate of drug-likeness (QED) is 0.287. The Kier molecular flexibility index (Phi) is 7.12. The molecule has 0 aliphatic heterocycles. The zero-order valence-corrected chi connectivity index (χ0v) is 17.6. The first-order valence-corrected chi connectivity index (χ1v) is 10.3. The number of ether oxygens (including phenoxy) is 1. The highest BCUT2D eigenvalue weighted by Gasteiger charge is 2.23. The fourth-order valence-electron chi connectivity index (χ4n) is 2.69. The number of carbonyl (C=O) groups excluding carboxylic acids is 2. The third-order valence-corrected chi connectivity index (χ3v) is 5.99. The van der Waals surface area contributed by atoms with Gasteiger partial charge < -0.3 is 15.3 Å². The predicted molar refractivity (Wildman–Crippen MR) is 112 cm³/mol. The van der Waals surface area contributed by atoms with Crippen molar-refractivity contribution in [3.05, 3.63) is 71.5 Å². The summed E-state index contributed by atoms with van der Waals surface area (Å²) in [5, 5.41) is 17.5. The van der Waals surface area contributed by atoms with Gasteiger partial charge in [0.1, 0.15) is 12.4 Å². The van der Waals surface area contributed by atoms with E-state index in [1.807, 2.05) is 0 Å². The normalized spacial score (nSPS) is 12.0. The van der Waals surface area contributed by atoms with Crippen LogP contribution in [0.25, 0.3) is 0 Å². The van der Waals surface area contributed by atoms with Gasteiger partial charge >= 0.3 is 5.97 Å². The number of hydrogen-bond acceptors (Lipinski definition) is 7. The van der Waals surface area contributed by atoms with Crippen molar-refractivity contribution in [2.45, 2.75) is 18.7 Å². The Morgan fingerprint density at radius 2 is 1.70 bits per heavy atom. The van der Waals surface area contributed by atoms with Crippen LogP contribution >= 0.6 is 0 Å². The Morgan fingerprint density at radius 1 is 1.07 bits per heavy atom. The van der Waals surface area contributed by atoms with Crippen LogP contribution in [0.4, 0.5) is 5.69 Å². The van der Waals surface area contributed by atoms with Crippen LogP contribution in [-0.2, 0) is 19.6 Å². The van der Waals surface area contributed by atoms with Gasteiger partial charge in [0.2, 0.25) is 0 Å². The average molecular weight is 430 g/mol. The summed E-state index contributed by atoms with van der Waals surface area (Å²) < 4.78 is 31.8. The molecule has 0 saturated heterocycles. The lowest BCUT2D eigenvalue weighted by atomic mass is 10.1. The molecule has 0 bridgehead atoms. The molecule has 0 aromatic heterocycles.